The largest absolute Gasteiger partial charge is 0.484 e. The van der Waals surface area contributed by atoms with Crippen molar-refractivity contribution >= 4 is 17.2 Å². The highest BCUT2D eigenvalue weighted by atomic mass is 32.1. The molecule has 0 saturated carbocycles. The Balaban J connectivity index is 1.38. The molecule has 8 nitrogen and oxygen atoms in total. The van der Waals surface area contributed by atoms with Crippen LogP contribution < -0.4 is 4.74 Å². The van der Waals surface area contributed by atoms with Gasteiger partial charge in [-0.25, -0.2) is 9.67 Å². The first-order valence-corrected chi connectivity index (χ1v) is 9.34. The predicted molar refractivity (Wildman–Crippen MR) is 95.1 cm³/mol. The number of likely N-dealkylation sites (tertiary alicyclic amines) is 1. The van der Waals surface area contributed by atoms with Gasteiger partial charge < -0.3 is 9.64 Å². The number of amides is 1. The molecule has 2 aromatic heterocycles. The molecule has 1 saturated heterocycles. The fraction of sp³-hybridized carbons (Fsp3) is 0.353. The van der Waals surface area contributed by atoms with Crippen molar-refractivity contribution in [3.05, 3.63) is 47.2 Å². The maximum atomic E-state index is 12.7. The summed E-state index contributed by atoms with van der Waals surface area (Å²) in [6.07, 6.45) is 6.41. The molecule has 1 aromatic carbocycles. The summed E-state index contributed by atoms with van der Waals surface area (Å²) in [4.78, 5) is 19.0. The van der Waals surface area contributed by atoms with Gasteiger partial charge in [0.15, 0.2) is 6.61 Å². The molecule has 0 bridgehead atoms. The number of nitrogens with zero attached hydrogens (tertiary/aromatic N) is 6. The summed E-state index contributed by atoms with van der Waals surface area (Å²) >= 11 is 1.60. The van der Waals surface area contributed by atoms with Crippen molar-refractivity contribution in [3.63, 3.8) is 0 Å². The summed E-state index contributed by atoms with van der Waals surface area (Å²) in [6, 6.07) is 7.37. The SMILES string of the molecule is O=C(COc1ccc(-n2cnnn2)cc1)N1CCCC[C@@H]1c1nccs1. The van der Waals surface area contributed by atoms with E-state index >= 15 is 0 Å². The summed E-state index contributed by atoms with van der Waals surface area (Å²) in [5.74, 6) is 0.632. The standard InChI is InChI=1S/C17H18N6O2S/c24-16(22-9-2-1-3-15(22)17-18-8-10-26-17)11-25-14-6-4-13(5-7-14)23-12-19-20-21-23/h4-8,10,12,15H,1-3,9,11H2/t15-/m1/s1. The number of carbonyl (C=O) groups excluding carboxylic acids is 1. The van der Waals surface area contributed by atoms with Crippen LogP contribution in [0.1, 0.15) is 30.3 Å². The second kappa shape index (κ2) is 7.61. The summed E-state index contributed by atoms with van der Waals surface area (Å²) in [6.45, 7) is 0.775. The van der Waals surface area contributed by atoms with Crippen LogP contribution in [0.3, 0.4) is 0 Å². The minimum Gasteiger partial charge on any atom is -0.484 e. The molecule has 1 fully saturated rings. The van der Waals surface area contributed by atoms with E-state index in [1.807, 2.05) is 22.4 Å². The van der Waals surface area contributed by atoms with Crippen molar-refractivity contribution in [1.29, 1.82) is 0 Å². The van der Waals surface area contributed by atoms with Crippen molar-refractivity contribution in [2.24, 2.45) is 0 Å². The molecule has 3 aromatic rings. The van der Waals surface area contributed by atoms with Gasteiger partial charge in [-0.15, -0.1) is 16.4 Å². The van der Waals surface area contributed by atoms with E-state index in [1.54, 1.807) is 34.3 Å². The van der Waals surface area contributed by atoms with E-state index in [1.165, 1.54) is 6.33 Å². The summed E-state index contributed by atoms with van der Waals surface area (Å²) in [5, 5.41) is 14.0. The van der Waals surface area contributed by atoms with E-state index in [-0.39, 0.29) is 18.6 Å². The van der Waals surface area contributed by atoms with Gasteiger partial charge in [0.05, 0.1) is 11.7 Å². The molecule has 1 atom stereocenters. The third-order valence-corrected chi connectivity index (χ3v) is 5.25. The van der Waals surface area contributed by atoms with E-state index in [0.29, 0.717) is 5.75 Å². The minimum atomic E-state index is -0.00514. The van der Waals surface area contributed by atoms with Crippen LogP contribution in [-0.2, 0) is 4.79 Å². The third-order valence-electron chi connectivity index (χ3n) is 4.37. The number of carbonyl (C=O) groups is 1. The molecule has 1 amide bonds. The number of rotatable bonds is 5. The van der Waals surface area contributed by atoms with Crippen molar-refractivity contribution in [3.8, 4) is 11.4 Å². The van der Waals surface area contributed by atoms with Crippen LogP contribution in [0.5, 0.6) is 5.75 Å². The van der Waals surface area contributed by atoms with Crippen LogP contribution in [0.4, 0.5) is 0 Å². The monoisotopic (exact) mass is 370 g/mol. The second-order valence-electron chi connectivity index (χ2n) is 6.01. The topological polar surface area (TPSA) is 86.0 Å². The molecule has 1 aliphatic heterocycles. The van der Waals surface area contributed by atoms with Gasteiger partial charge in [0.2, 0.25) is 0 Å². The van der Waals surface area contributed by atoms with Gasteiger partial charge in [0.25, 0.3) is 5.91 Å². The highest BCUT2D eigenvalue weighted by Gasteiger charge is 2.29. The Hall–Kier alpha value is -2.81. The Labute approximate surface area is 154 Å². The molecule has 134 valence electrons. The lowest BCUT2D eigenvalue weighted by Gasteiger charge is -2.34. The van der Waals surface area contributed by atoms with E-state index in [4.69, 9.17) is 4.74 Å². The highest BCUT2D eigenvalue weighted by molar-refractivity contribution is 7.09. The van der Waals surface area contributed by atoms with E-state index in [9.17, 15) is 4.79 Å². The van der Waals surface area contributed by atoms with Crippen LogP contribution in [0, 0.1) is 0 Å². The first-order valence-electron chi connectivity index (χ1n) is 8.46. The Morgan fingerprint density at radius 3 is 2.88 bits per heavy atom. The zero-order valence-corrected chi connectivity index (χ0v) is 14.9. The van der Waals surface area contributed by atoms with Gasteiger partial charge in [0, 0.05) is 18.1 Å². The summed E-state index contributed by atoms with van der Waals surface area (Å²) in [5.41, 5.74) is 0.827. The Bertz CT molecular complexity index is 835. The van der Waals surface area contributed by atoms with Gasteiger partial charge in [-0.2, -0.15) is 0 Å². The number of tetrazole rings is 1. The first-order chi connectivity index (χ1) is 12.8. The van der Waals surface area contributed by atoms with E-state index in [2.05, 4.69) is 20.5 Å². The number of thiazole rings is 1. The predicted octanol–water partition coefficient (Wildman–Crippen LogP) is 2.25. The number of aromatic nitrogens is 5. The quantitative estimate of drug-likeness (QED) is 0.685. The molecule has 4 rings (SSSR count). The number of hydrogen-bond donors (Lipinski definition) is 0. The maximum Gasteiger partial charge on any atom is 0.261 e. The lowest BCUT2D eigenvalue weighted by atomic mass is 10.0. The van der Waals surface area contributed by atoms with E-state index < -0.39 is 0 Å². The Morgan fingerprint density at radius 1 is 1.27 bits per heavy atom. The third kappa shape index (κ3) is 3.57. The molecule has 0 spiro atoms. The molecule has 0 N–H and O–H groups in total. The highest BCUT2D eigenvalue weighted by Crippen LogP contribution is 2.32. The van der Waals surface area contributed by atoms with Crippen molar-refractivity contribution in [2.75, 3.05) is 13.2 Å². The zero-order valence-electron chi connectivity index (χ0n) is 14.1. The summed E-state index contributed by atoms with van der Waals surface area (Å²) < 4.78 is 7.25. The molecular formula is C17H18N6O2S. The molecule has 0 radical (unpaired) electrons. The van der Waals surface area contributed by atoms with Gasteiger partial charge >= 0.3 is 0 Å². The summed E-state index contributed by atoms with van der Waals surface area (Å²) in [7, 11) is 0. The van der Waals surface area contributed by atoms with Crippen molar-refractivity contribution < 1.29 is 9.53 Å². The zero-order chi connectivity index (χ0) is 17.8. The first kappa shape index (κ1) is 16.6. The second-order valence-corrected chi connectivity index (χ2v) is 6.93. The van der Waals surface area contributed by atoms with Crippen molar-refractivity contribution in [2.45, 2.75) is 25.3 Å². The molecule has 0 aliphatic carbocycles. The average Bonchev–Trinajstić information content (AvgIpc) is 3.40. The minimum absolute atomic E-state index is 0.00514. The molecule has 26 heavy (non-hydrogen) atoms. The van der Waals surface area contributed by atoms with Crippen LogP contribution in [0.25, 0.3) is 5.69 Å². The normalized spacial score (nSPS) is 17.2. The molecule has 0 unspecified atom stereocenters. The average molecular weight is 370 g/mol. The lowest BCUT2D eigenvalue weighted by Crippen LogP contribution is -2.41. The number of piperidine rings is 1. The number of benzene rings is 1. The van der Waals surface area contributed by atoms with Gasteiger partial charge in [-0.3, -0.25) is 4.79 Å². The number of hydrogen-bond acceptors (Lipinski definition) is 7. The smallest absolute Gasteiger partial charge is 0.261 e. The molecule has 9 heteroatoms. The lowest BCUT2D eigenvalue weighted by molar-refractivity contribution is -0.137. The molecule has 1 aliphatic rings. The van der Waals surface area contributed by atoms with Crippen LogP contribution in [0.15, 0.2) is 42.2 Å². The van der Waals surface area contributed by atoms with Crippen LogP contribution >= 0.6 is 11.3 Å². The molecular weight excluding hydrogens is 352 g/mol. The van der Waals surface area contributed by atoms with Crippen molar-refractivity contribution in [1.82, 2.24) is 30.1 Å². The van der Waals surface area contributed by atoms with Gasteiger partial charge in [-0.05, 0) is 54.0 Å². The Morgan fingerprint density at radius 2 is 2.15 bits per heavy atom. The number of ether oxygens (including phenoxy) is 1. The molecule has 3 heterocycles. The van der Waals surface area contributed by atoms with Crippen LogP contribution in [0.2, 0.25) is 0 Å². The van der Waals surface area contributed by atoms with Gasteiger partial charge in [-0.1, -0.05) is 0 Å². The van der Waals surface area contributed by atoms with Crippen LogP contribution in [-0.4, -0.2) is 49.1 Å². The maximum absolute atomic E-state index is 12.7. The van der Waals surface area contributed by atoms with Gasteiger partial charge in [0.1, 0.15) is 17.1 Å². The Kier molecular flexibility index (Phi) is 4.87. The fourth-order valence-electron chi connectivity index (χ4n) is 3.09. The fourth-order valence-corrected chi connectivity index (χ4v) is 3.87. The van der Waals surface area contributed by atoms with E-state index in [0.717, 1.165) is 36.5 Å².